The molecule has 0 atom stereocenters. The summed E-state index contributed by atoms with van der Waals surface area (Å²) >= 11 is 6.55. The van der Waals surface area contributed by atoms with Gasteiger partial charge in [-0.1, -0.05) is 22.0 Å². The monoisotopic (exact) mass is 413 g/mol. The molecule has 0 saturated heterocycles. The van der Waals surface area contributed by atoms with Gasteiger partial charge in [0.1, 0.15) is 4.92 Å². The van der Waals surface area contributed by atoms with Crippen molar-refractivity contribution in [2.75, 3.05) is 0 Å². The van der Waals surface area contributed by atoms with Crippen LogP contribution in [0.5, 0.6) is 0 Å². The van der Waals surface area contributed by atoms with Gasteiger partial charge >= 0.3 is 5.88 Å². The number of allylic oxidation sites excluding steroid dienone is 1. The molecule has 7 heteroatoms. The summed E-state index contributed by atoms with van der Waals surface area (Å²) in [6.07, 6.45) is 1.65. The molecule has 0 amide bonds. The number of nitro groups is 1. The molecule has 1 heterocycles. The fraction of sp³-hybridized carbons (Fsp3) is 0.0714. The summed E-state index contributed by atoms with van der Waals surface area (Å²) in [4.78, 5) is 22.0. The first-order chi connectivity index (χ1) is 9.88. The molecule has 0 aliphatic heterocycles. The van der Waals surface area contributed by atoms with Crippen LogP contribution in [-0.2, 0) is 0 Å². The molecule has 0 radical (unpaired) electrons. The number of carbonyl (C=O) groups is 1. The van der Waals surface area contributed by atoms with Crippen LogP contribution in [0, 0.1) is 17.0 Å². The van der Waals surface area contributed by atoms with Crippen LogP contribution < -0.4 is 0 Å². The predicted octanol–water partition coefficient (Wildman–Crippen LogP) is 4.88. The Hall–Kier alpha value is -1.73. The summed E-state index contributed by atoms with van der Waals surface area (Å²) in [6.45, 7) is 1.92. The topological polar surface area (TPSA) is 73.3 Å². The lowest BCUT2D eigenvalue weighted by atomic mass is 10.1. The standard InChI is InChI=1S/C14H9Br2NO4/c1-8-6-10(15)3-2-9(8)7-11(16)14(18)12-4-5-13(21-12)17(19)20/h2-7H,1H3/b11-7-. The van der Waals surface area contributed by atoms with Crippen LogP contribution in [0.15, 0.2) is 43.7 Å². The van der Waals surface area contributed by atoms with Crippen LogP contribution in [0.3, 0.4) is 0 Å². The van der Waals surface area contributed by atoms with Crippen LogP contribution in [0.1, 0.15) is 21.7 Å². The molecular formula is C14H9Br2NO4. The Labute approximate surface area is 137 Å². The Morgan fingerprint density at radius 3 is 2.62 bits per heavy atom. The van der Waals surface area contributed by atoms with Crippen molar-refractivity contribution >= 4 is 49.6 Å². The summed E-state index contributed by atoms with van der Waals surface area (Å²) < 4.78 is 6.09. The molecule has 108 valence electrons. The molecule has 5 nitrogen and oxygen atoms in total. The zero-order valence-corrected chi connectivity index (χ0v) is 14.0. The zero-order valence-electron chi connectivity index (χ0n) is 10.8. The molecule has 21 heavy (non-hydrogen) atoms. The minimum absolute atomic E-state index is 0.0837. The van der Waals surface area contributed by atoms with Crippen molar-refractivity contribution in [2.24, 2.45) is 0 Å². The van der Waals surface area contributed by atoms with Crippen LogP contribution in [-0.4, -0.2) is 10.7 Å². The molecule has 0 aliphatic rings. The van der Waals surface area contributed by atoms with Crippen molar-refractivity contribution in [3.63, 3.8) is 0 Å². The van der Waals surface area contributed by atoms with Gasteiger partial charge in [-0.15, -0.1) is 0 Å². The second kappa shape index (κ2) is 6.36. The zero-order chi connectivity index (χ0) is 15.6. The van der Waals surface area contributed by atoms with Gasteiger partial charge in [-0.05, 0) is 58.3 Å². The van der Waals surface area contributed by atoms with Crippen LogP contribution >= 0.6 is 31.9 Å². The van der Waals surface area contributed by atoms with Gasteiger partial charge in [-0.3, -0.25) is 14.9 Å². The van der Waals surface area contributed by atoms with E-state index in [0.29, 0.717) is 0 Å². The number of carbonyl (C=O) groups excluding carboxylic acids is 1. The largest absolute Gasteiger partial charge is 0.433 e. The third-order valence-corrected chi connectivity index (χ3v) is 3.81. The second-order valence-electron chi connectivity index (χ2n) is 4.22. The SMILES string of the molecule is Cc1cc(Br)ccc1/C=C(\Br)C(=O)c1ccc([N+](=O)[O-])o1. The van der Waals surface area contributed by atoms with Crippen molar-refractivity contribution in [3.8, 4) is 0 Å². The van der Waals surface area contributed by atoms with E-state index in [1.54, 1.807) is 6.08 Å². The Bertz CT molecular complexity index is 749. The van der Waals surface area contributed by atoms with Crippen molar-refractivity contribution < 1.29 is 14.1 Å². The van der Waals surface area contributed by atoms with Gasteiger partial charge in [0.05, 0.1) is 10.5 Å². The first kappa shape index (κ1) is 15.7. The van der Waals surface area contributed by atoms with Crippen molar-refractivity contribution in [1.82, 2.24) is 0 Å². The number of halogens is 2. The Morgan fingerprint density at radius 1 is 1.33 bits per heavy atom. The van der Waals surface area contributed by atoms with E-state index in [1.807, 2.05) is 25.1 Å². The van der Waals surface area contributed by atoms with Crippen molar-refractivity contribution in [1.29, 1.82) is 0 Å². The van der Waals surface area contributed by atoms with E-state index in [1.165, 1.54) is 6.07 Å². The minimum atomic E-state index is -0.687. The molecule has 0 N–H and O–H groups in total. The molecule has 2 rings (SSSR count). The molecule has 0 unspecified atom stereocenters. The van der Waals surface area contributed by atoms with E-state index in [0.717, 1.165) is 21.7 Å². The molecule has 2 aromatic rings. The number of rotatable bonds is 4. The first-order valence-electron chi connectivity index (χ1n) is 5.81. The summed E-state index contributed by atoms with van der Waals surface area (Å²) in [5.74, 6) is -0.997. The highest BCUT2D eigenvalue weighted by Gasteiger charge is 2.19. The number of furan rings is 1. The fourth-order valence-corrected chi connectivity index (χ4v) is 2.59. The highest BCUT2D eigenvalue weighted by Crippen LogP contribution is 2.24. The normalized spacial score (nSPS) is 11.5. The quantitative estimate of drug-likeness (QED) is 0.309. The van der Waals surface area contributed by atoms with Gasteiger partial charge < -0.3 is 4.42 Å². The number of hydrogen-bond acceptors (Lipinski definition) is 4. The molecule has 0 saturated carbocycles. The van der Waals surface area contributed by atoms with E-state index in [9.17, 15) is 14.9 Å². The molecule has 0 aliphatic carbocycles. The number of ketones is 1. The summed E-state index contributed by atoms with van der Waals surface area (Å²) in [5, 5.41) is 10.5. The average Bonchev–Trinajstić information content (AvgIpc) is 2.90. The third kappa shape index (κ3) is 3.68. The Morgan fingerprint density at radius 2 is 2.05 bits per heavy atom. The van der Waals surface area contributed by atoms with E-state index < -0.39 is 16.6 Å². The molecule has 1 aromatic carbocycles. The first-order valence-corrected chi connectivity index (χ1v) is 7.39. The van der Waals surface area contributed by atoms with E-state index in [2.05, 4.69) is 31.9 Å². The summed E-state index contributed by atoms with van der Waals surface area (Å²) in [7, 11) is 0. The maximum atomic E-state index is 12.1. The van der Waals surface area contributed by atoms with E-state index in [-0.39, 0.29) is 10.2 Å². The minimum Gasteiger partial charge on any atom is -0.397 e. The number of Topliss-reactive ketones (excluding diaryl/α,β-unsaturated/α-hetero) is 1. The third-order valence-electron chi connectivity index (χ3n) is 2.73. The number of benzene rings is 1. The van der Waals surface area contributed by atoms with Crippen molar-refractivity contribution in [3.05, 3.63) is 66.3 Å². The van der Waals surface area contributed by atoms with Crippen LogP contribution in [0.2, 0.25) is 0 Å². The smallest absolute Gasteiger partial charge is 0.397 e. The maximum absolute atomic E-state index is 12.1. The van der Waals surface area contributed by atoms with E-state index in [4.69, 9.17) is 4.42 Å². The van der Waals surface area contributed by atoms with Crippen LogP contribution in [0.25, 0.3) is 6.08 Å². The van der Waals surface area contributed by atoms with Gasteiger partial charge in [-0.2, -0.15) is 0 Å². The Balaban J connectivity index is 2.29. The molecular weight excluding hydrogens is 406 g/mol. The molecule has 1 aromatic heterocycles. The van der Waals surface area contributed by atoms with Gasteiger partial charge in [0, 0.05) is 4.47 Å². The lowest BCUT2D eigenvalue weighted by Gasteiger charge is -2.02. The second-order valence-corrected chi connectivity index (χ2v) is 5.99. The molecule has 0 spiro atoms. The summed E-state index contributed by atoms with van der Waals surface area (Å²) in [6, 6.07) is 8.08. The van der Waals surface area contributed by atoms with Crippen molar-refractivity contribution in [2.45, 2.75) is 6.92 Å². The molecule has 0 fully saturated rings. The predicted molar refractivity (Wildman–Crippen MR) is 85.5 cm³/mol. The summed E-state index contributed by atoms with van der Waals surface area (Å²) in [5.41, 5.74) is 1.85. The van der Waals surface area contributed by atoms with Crippen LogP contribution in [0.4, 0.5) is 5.88 Å². The fourth-order valence-electron chi connectivity index (χ4n) is 1.67. The number of aryl methyl sites for hydroxylation is 1. The highest BCUT2D eigenvalue weighted by atomic mass is 79.9. The lowest BCUT2D eigenvalue weighted by molar-refractivity contribution is -0.402. The maximum Gasteiger partial charge on any atom is 0.433 e. The van der Waals surface area contributed by atoms with E-state index >= 15 is 0 Å². The lowest BCUT2D eigenvalue weighted by Crippen LogP contribution is -1.97. The van der Waals surface area contributed by atoms with Gasteiger partial charge in [-0.25, -0.2) is 0 Å². The van der Waals surface area contributed by atoms with Gasteiger partial charge in [0.2, 0.25) is 5.78 Å². The Kier molecular flexibility index (Phi) is 4.74. The highest BCUT2D eigenvalue weighted by molar-refractivity contribution is 9.12. The van der Waals surface area contributed by atoms with Gasteiger partial charge in [0.25, 0.3) is 0 Å². The number of nitrogens with zero attached hydrogens (tertiary/aromatic N) is 1. The number of hydrogen-bond donors (Lipinski definition) is 0. The molecule has 0 bridgehead atoms. The average molecular weight is 415 g/mol. The van der Waals surface area contributed by atoms with Gasteiger partial charge in [0.15, 0.2) is 5.76 Å².